The molecule has 3 rings (SSSR count). The lowest BCUT2D eigenvalue weighted by Crippen LogP contribution is -2.37. The molecule has 0 radical (unpaired) electrons. The molecule has 1 amide bonds. The predicted molar refractivity (Wildman–Crippen MR) is 91.6 cm³/mol. The highest BCUT2D eigenvalue weighted by Gasteiger charge is 2.39. The van der Waals surface area contributed by atoms with E-state index in [1.165, 1.54) is 31.2 Å². The fraction of sp³-hybridized carbons (Fsp3) is 0.550. The molecule has 2 aliphatic carbocycles. The molecule has 2 saturated carbocycles. The van der Waals surface area contributed by atoms with Crippen molar-refractivity contribution in [1.82, 2.24) is 5.32 Å². The SMILES string of the molecule is CC(C)(C)c1ccc(C=CC(=O)N[C@@H]2C[C@H]3CC[C@@H]2C3)cc1. The fourth-order valence-electron chi connectivity index (χ4n) is 3.92. The van der Waals surface area contributed by atoms with E-state index in [0.29, 0.717) is 6.04 Å². The number of rotatable bonds is 3. The van der Waals surface area contributed by atoms with E-state index in [0.717, 1.165) is 17.4 Å². The zero-order valence-corrected chi connectivity index (χ0v) is 13.9. The van der Waals surface area contributed by atoms with Crippen LogP contribution in [0.3, 0.4) is 0 Å². The molecule has 22 heavy (non-hydrogen) atoms. The summed E-state index contributed by atoms with van der Waals surface area (Å²) in [5.41, 5.74) is 2.56. The average Bonchev–Trinajstić information content (AvgIpc) is 3.07. The maximum absolute atomic E-state index is 12.1. The van der Waals surface area contributed by atoms with Gasteiger partial charge in [0, 0.05) is 12.1 Å². The molecule has 1 aromatic rings. The van der Waals surface area contributed by atoms with Crippen molar-refractivity contribution in [2.24, 2.45) is 11.8 Å². The van der Waals surface area contributed by atoms with Gasteiger partial charge in [0.1, 0.15) is 0 Å². The van der Waals surface area contributed by atoms with Gasteiger partial charge in [0.05, 0.1) is 0 Å². The van der Waals surface area contributed by atoms with Crippen LogP contribution in [0.5, 0.6) is 0 Å². The molecule has 2 heteroatoms. The molecule has 0 unspecified atom stereocenters. The lowest BCUT2D eigenvalue weighted by molar-refractivity contribution is -0.117. The first-order valence-corrected chi connectivity index (χ1v) is 8.51. The highest BCUT2D eigenvalue weighted by atomic mass is 16.1. The summed E-state index contributed by atoms with van der Waals surface area (Å²) in [4.78, 5) is 12.1. The van der Waals surface area contributed by atoms with Crippen molar-refractivity contribution in [1.29, 1.82) is 0 Å². The molecule has 0 saturated heterocycles. The largest absolute Gasteiger partial charge is 0.350 e. The Kier molecular flexibility index (Phi) is 4.12. The van der Waals surface area contributed by atoms with Crippen LogP contribution in [0.1, 0.15) is 57.6 Å². The van der Waals surface area contributed by atoms with E-state index in [-0.39, 0.29) is 11.3 Å². The van der Waals surface area contributed by atoms with Crippen molar-refractivity contribution in [2.45, 2.75) is 57.9 Å². The average molecular weight is 297 g/mol. The Labute approximate surface area is 134 Å². The maximum Gasteiger partial charge on any atom is 0.244 e. The van der Waals surface area contributed by atoms with Gasteiger partial charge in [-0.3, -0.25) is 4.79 Å². The molecule has 118 valence electrons. The first kappa shape index (κ1) is 15.3. The summed E-state index contributed by atoms with van der Waals surface area (Å²) < 4.78 is 0. The van der Waals surface area contributed by atoms with Gasteiger partial charge in [-0.25, -0.2) is 0 Å². The van der Waals surface area contributed by atoms with E-state index in [2.05, 4.69) is 50.4 Å². The lowest BCUT2D eigenvalue weighted by atomic mass is 9.87. The van der Waals surface area contributed by atoms with Crippen molar-refractivity contribution in [2.75, 3.05) is 0 Å². The molecule has 2 fully saturated rings. The Bertz CT molecular complexity index is 564. The van der Waals surface area contributed by atoms with Gasteiger partial charge < -0.3 is 5.32 Å². The van der Waals surface area contributed by atoms with E-state index in [9.17, 15) is 4.79 Å². The number of carbonyl (C=O) groups is 1. The van der Waals surface area contributed by atoms with Crippen molar-refractivity contribution in [3.63, 3.8) is 0 Å². The highest BCUT2D eigenvalue weighted by molar-refractivity contribution is 5.91. The molecule has 1 N–H and O–H groups in total. The second kappa shape index (κ2) is 5.91. The van der Waals surface area contributed by atoms with Gasteiger partial charge in [0.2, 0.25) is 5.91 Å². The summed E-state index contributed by atoms with van der Waals surface area (Å²) in [5, 5.41) is 3.19. The van der Waals surface area contributed by atoms with E-state index in [4.69, 9.17) is 0 Å². The lowest BCUT2D eigenvalue weighted by Gasteiger charge is -2.22. The van der Waals surface area contributed by atoms with Gasteiger partial charge in [-0.2, -0.15) is 0 Å². The van der Waals surface area contributed by atoms with Gasteiger partial charge in [-0.05, 0) is 53.7 Å². The first-order chi connectivity index (χ1) is 10.4. The zero-order valence-electron chi connectivity index (χ0n) is 13.9. The minimum absolute atomic E-state index is 0.0532. The predicted octanol–water partition coefficient (Wildman–Crippen LogP) is 4.30. The van der Waals surface area contributed by atoms with E-state index in [1.54, 1.807) is 6.08 Å². The molecule has 2 nitrogen and oxygen atoms in total. The number of benzene rings is 1. The number of hydrogen-bond acceptors (Lipinski definition) is 1. The molecule has 0 spiro atoms. The van der Waals surface area contributed by atoms with Crippen LogP contribution in [0.25, 0.3) is 6.08 Å². The molecule has 2 aliphatic rings. The first-order valence-electron chi connectivity index (χ1n) is 8.51. The maximum atomic E-state index is 12.1. The van der Waals surface area contributed by atoms with E-state index in [1.807, 2.05) is 6.08 Å². The monoisotopic (exact) mass is 297 g/mol. The summed E-state index contributed by atoms with van der Waals surface area (Å²) in [6.07, 6.45) is 8.76. The second-order valence-electron chi connectivity index (χ2n) is 8.00. The molecule has 0 aromatic heterocycles. The number of nitrogens with one attached hydrogen (secondary N) is 1. The number of amides is 1. The Morgan fingerprint density at radius 3 is 2.41 bits per heavy atom. The third-order valence-corrected chi connectivity index (χ3v) is 5.27. The summed E-state index contributed by atoms with van der Waals surface area (Å²) in [6, 6.07) is 8.88. The van der Waals surface area contributed by atoms with Crippen LogP contribution in [-0.2, 0) is 10.2 Å². The van der Waals surface area contributed by atoms with Crippen LogP contribution in [-0.4, -0.2) is 11.9 Å². The molecule has 1 aromatic carbocycles. The quantitative estimate of drug-likeness (QED) is 0.828. The van der Waals surface area contributed by atoms with Crippen molar-refractivity contribution < 1.29 is 4.79 Å². The molecule has 2 bridgehead atoms. The second-order valence-corrected chi connectivity index (χ2v) is 8.00. The van der Waals surface area contributed by atoms with E-state index >= 15 is 0 Å². The summed E-state index contributed by atoms with van der Waals surface area (Å²) >= 11 is 0. The van der Waals surface area contributed by atoms with Gasteiger partial charge in [0.15, 0.2) is 0 Å². The molecular formula is C20H27NO. The van der Waals surface area contributed by atoms with Crippen molar-refractivity contribution >= 4 is 12.0 Å². The van der Waals surface area contributed by atoms with Crippen LogP contribution < -0.4 is 5.32 Å². The van der Waals surface area contributed by atoms with Crippen LogP contribution in [0, 0.1) is 11.8 Å². The molecule has 0 heterocycles. The van der Waals surface area contributed by atoms with Crippen LogP contribution in [0.4, 0.5) is 0 Å². The summed E-state index contributed by atoms with van der Waals surface area (Å²) in [5.74, 6) is 1.65. The standard InChI is InChI=1S/C20H27NO/c1-20(2,3)17-9-5-14(6-10-17)7-11-19(22)21-18-13-15-4-8-16(18)12-15/h5-7,9-11,15-16,18H,4,8,12-13H2,1-3H3,(H,21,22)/t15-,16+,18+/m0/s1. The zero-order chi connectivity index (χ0) is 15.7. The molecular weight excluding hydrogens is 270 g/mol. The van der Waals surface area contributed by atoms with Crippen molar-refractivity contribution in [3.8, 4) is 0 Å². The third kappa shape index (κ3) is 3.43. The van der Waals surface area contributed by atoms with Crippen molar-refractivity contribution in [3.05, 3.63) is 41.5 Å². The minimum Gasteiger partial charge on any atom is -0.350 e. The van der Waals surface area contributed by atoms with Gasteiger partial charge in [0.25, 0.3) is 0 Å². The number of hydrogen-bond donors (Lipinski definition) is 1. The normalized spacial score (nSPS) is 27.5. The Morgan fingerprint density at radius 1 is 1.14 bits per heavy atom. The smallest absolute Gasteiger partial charge is 0.244 e. The van der Waals surface area contributed by atoms with E-state index < -0.39 is 0 Å². The topological polar surface area (TPSA) is 29.1 Å². The summed E-state index contributed by atoms with van der Waals surface area (Å²) in [6.45, 7) is 6.63. The highest BCUT2D eigenvalue weighted by Crippen LogP contribution is 2.44. The summed E-state index contributed by atoms with van der Waals surface area (Å²) in [7, 11) is 0. The van der Waals surface area contributed by atoms with Gasteiger partial charge in [-0.1, -0.05) is 51.5 Å². The minimum atomic E-state index is 0.0532. The number of fused-ring (bicyclic) bond motifs is 2. The van der Waals surface area contributed by atoms with Crippen LogP contribution in [0.2, 0.25) is 0 Å². The molecule has 3 atom stereocenters. The van der Waals surface area contributed by atoms with Crippen LogP contribution >= 0.6 is 0 Å². The van der Waals surface area contributed by atoms with Gasteiger partial charge in [-0.15, -0.1) is 0 Å². The number of carbonyl (C=O) groups excluding carboxylic acids is 1. The fourth-order valence-corrected chi connectivity index (χ4v) is 3.92. The molecule has 0 aliphatic heterocycles. The Hall–Kier alpha value is -1.57. The van der Waals surface area contributed by atoms with Gasteiger partial charge >= 0.3 is 0 Å². The van der Waals surface area contributed by atoms with Crippen LogP contribution in [0.15, 0.2) is 30.3 Å². The Morgan fingerprint density at radius 2 is 1.86 bits per heavy atom. The Balaban J connectivity index is 1.56. The third-order valence-electron chi connectivity index (χ3n) is 5.27.